The number of hydrogen-bond donors (Lipinski definition) is 3. The Morgan fingerprint density at radius 3 is 2.78 bits per heavy atom. The molecule has 2 rings (SSSR count). The van der Waals surface area contributed by atoms with Crippen molar-refractivity contribution in [2.45, 2.75) is 22.7 Å². The van der Waals surface area contributed by atoms with Crippen LogP contribution in [0.4, 0.5) is 14.7 Å². The second-order valence-electron chi connectivity index (χ2n) is 3.73. The molecule has 0 amide bonds. The van der Waals surface area contributed by atoms with Crippen LogP contribution in [0, 0.1) is 0 Å². The zero-order chi connectivity index (χ0) is 13.5. The van der Waals surface area contributed by atoms with E-state index in [0.717, 1.165) is 6.33 Å². The zero-order valence-electron chi connectivity index (χ0n) is 8.90. The first-order chi connectivity index (χ1) is 8.37. The van der Waals surface area contributed by atoms with Gasteiger partial charge in [-0.2, -0.15) is 4.98 Å². The van der Waals surface area contributed by atoms with Crippen LogP contribution in [-0.4, -0.2) is 48.6 Å². The van der Waals surface area contributed by atoms with Crippen LogP contribution in [0.1, 0.15) is 5.37 Å². The molecule has 3 atom stereocenters. The summed E-state index contributed by atoms with van der Waals surface area (Å²) in [6, 6.07) is 0. The van der Waals surface area contributed by atoms with Gasteiger partial charge in [-0.1, -0.05) is 0 Å². The third-order valence-corrected chi connectivity index (χ3v) is 4.11. The molecule has 0 unspecified atom stereocenters. The number of anilines is 1. The van der Waals surface area contributed by atoms with Gasteiger partial charge in [0.25, 0.3) is 0 Å². The molecule has 18 heavy (non-hydrogen) atoms. The van der Waals surface area contributed by atoms with Crippen LogP contribution in [0.25, 0.3) is 0 Å². The van der Waals surface area contributed by atoms with E-state index in [1.165, 1.54) is 0 Å². The Morgan fingerprint density at radius 1 is 1.61 bits per heavy atom. The van der Waals surface area contributed by atoms with Crippen molar-refractivity contribution in [1.29, 1.82) is 0 Å². The maximum atomic E-state index is 13.8. The fourth-order valence-corrected chi connectivity index (χ4v) is 2.98. The normalized spacial score (nSPS) is 30.6. The lowest BCUT2D eigenvalue weighted by atomic mass is 10.1. The molecule has 1 aliphatic rings. The molecular formula is C8H10F2N4O3S. The van der Waals surface area contributed by atoms with Gasteiger partial charge in [0, 0.05) is 0 Å². The van der Waals surface area contributed by atoms with Crippen molar-refractivity contribution in [3.05, 3.63) is 16.8 Å². The summed E-state index contributed by atoms with van der Waals surface area (Å²) in [5.74, 6) is -3.89. The van der Waals surface area contributed by atoms with Gasteiger partial charge in [0.1, 0.15) is 12.4 Å². The van der Waals surface area contributed by atoms with Crippen LogP contribution in [0.15, 0.2) is 11.1 Å². The second-order valence-corrected chi connectivity index (χ2v) is 5.06. The Labute approximate surface area is 104 Å². The number of thioether (sulfide) groups is 1. The van der Waals surface area contributed by atoms with Gasteiger partial charge in [0.05, 0.1) is 11.9 Å². The minimum atomic E-state index is -3.57. The highest BCUT2D eigenvalue weighted by atomic mass is 32.2. The Bertz CT molecular complexity index is 511. The van der Waals surface area contributed by atoms with Crippen LogP contribution < -0.4 is 11.4 Å². The summed E-state index contributed by atoms with van der Waals surface area (Å²) >= 11 is 0.591. The van der Waals surface area contributed by atoms with Crippen molar-refractivity contribution in [1.82, 2.24) is 14.5 Å². The number of alkyl halides is 2. The largest absolute Gasteiger partial charge is 0.395 e. The minimum absolute atomic E-state index is 0.318. The average Bonchev–Trinajstić information content (AvgIpc) is 2.52. The van der Waals surface area contributed by atoms with Crippen molar-refractivity contribution < 1.29 is 19.0 Å². The second kappa shape index (κ2) is 4.44. The fraction of sp³-hybridized carbons (Fsp3) is 0.625. The van der Waals surface area contributed by atoms with Crippen molar-refractivity contribution in [2.75, 3.05) is 12.3 Å². The molecule has 100 valence electrons. The van der Waals surface area contributed by atoms with E-state index < -0.39 is 34.9 Å². The molecule has 1 aromatic rings. The monoisotopic (exact) mass is 280 g/mol. The Kier molecular flexibility index (Phi) is 3.25. The number of nitrogen functional groups attached to an aromatic ring is 1. The van der Waals surface area contributed by atoms with E-state index in [4.69, 9.17) is 10.8 Å². The van der Waals surface area contributed by atoms with Gasteiger partial charge in [0.15, 0.2) is 5.37 Å². The lowest BCUT2D eigenvalue weighted by molar-refractivity contribution is -0.114. The quantitative estimate of drug-likeness (QED) is 0.625. The molecule has 7 nitrogen and oxygen atoms in total. The minimum Gasteiger partial charge on any atom is -0.395 e. The fourth-order valence-electron chi connectivity index (χ4n) is 1.63. The van der Waals surface area contributed by atoms with Crippen molar-refractivity contribution in [3.63, 3.8) is 0 Å². The Hall–Kier alpha value is -1.26. The molecule has 1 saturated heterocycles. The van der Waals surface area contributed by atoms with E-state index in [2.05, 4.69) is 9.97 Å². The zero-order valence-corrected chi connectivity index (χ0v) is 9.72. The number of rotatable bonds is 2. The van der Waals surface area contributed by atoms with E-state index >= 15 is 0 Å². The molecule has 0 radical (unpaired) electrons. The predicted molar refractivity (Wildman–Crippen MR) is 59.2 cm³/mol. The van der Waals surface area contributed by atoms with E-state index in [-0.39, 0.29) is 5.95 Å². The highest BCUT2D eigenvalue weighted by Gasteiger charge is 2.58. The highest BCUT2D eigenvalue weighted by Crippen LogP contribution is 2.51. The lowest BCUT2D eigenvalue weighted by Crippen LogP contribution is -2.41. The van der Waals surface area contributed by atoms with Crippen LogP contribution in [0.2, 0.25) is 0 Å². The van der Waals surface area contributed by atoms with E-state index in [1.54, 1.807) is 0 Å². The van der Waals surface area contributed by atoms with Gasteiger partial charge >= 0.3 is 11.6 Å². The molecular weight excluding hydrogens is 270 g/mol. The number of nitrogens with zero attached hydrogens (tertiary/aromatic N) is 3. The number of nitrogens with two attached hydrogens (primary N) is 1. The smallest absolute Gasteiger partial charge is 0.353 e. The summed E-state index contributed by atoms with van der Waals surface area (Å²) < 4.78 is 28.2. The first kappa shape index (κ1) is 13.2. The summed E-state index contributed by atoms with van der Waals surface area (Å²) in [5, 5.41) is 15.5. The maximum Gasteiger partial charge on any atom is 0.353 e. The van der Waals surface area contributed by atoms with Crippen molar-refractivity contribution in [3.8, 4) is 0 Å². The standard InChI is InChI=1S/C8H10F2N4O3S/c9-8(10)4(16)3(1-15)18-5(8)14-2-12-6(11)13-7(14)17/h2-5,15-16H,1H2,(H2,11,13,17)/t3-,4-,5-/m1/s1. The first-order valence-corrected chi connectivity index (χ1v) is 5.85. The van der Waals surface area contributed by atoms with Gasteiger partial charge in [-0.15, -0.1) is 11.8 Å². The van der Waals surface area contributed by atoms with Crippen molar-refractivity contribution in [2.24, 2.45) is 0 Å². The third kappa shape index (κ3) is 1.95. The maximum absolute atomic E-state index is 13.8. The first-order valence-electron chi connectivity index (χ1n) is 4.90. The lowest BCUT2D eigenvalue weighted by Gasteiger charge is -2.21. The Morgan fingerprint density at radius 2 is 2.28 bits per heavy atom. The topological polar surface area (TPSA) is 114 Å². The van der Waals surface area contributed by atoms with Gasteiger partial charge in [-0.3, -0.25) is 4.57 Å². The number of aliphatic hydroxyl groups excluding tert-OH is 2. The average molecular weight is 280 g/mol. The van der Waals surface area contributed by atoms with E-state index in [1.807, 2.05) is 0 Å². The molecule has 0 bridgehead atoms. The van der Waals surface area contributed by atoms with E-state index in [0.29, 0.717) is 16.3 Å². The van der Waals surface area contributed by atoms with Gasteiger partial charge in [-0.25, -0.2) is 18.6 Å². The van der Waals surface area contributed by atoms with Crippen LogP contribution in [0.5, 0.6) is 0 Å². The van der Waals surface area contributed by atoms with E-state index in [9.17, 15) is 18.7 Å². The predicted octanol–water partition coefficient (Wildman–Crippen LogP) is -1.18. The summed E-state index contributed by atoms with van der Waals surface area (Å²) in [7, 11) is 0. The van der Waals surface area contributed by atoms with Gasteiger partial charge < -0.3 is 15.9 Å². The summed E-state index contributed by atoms with van der Waals surface area (Å²) in [6.45, 7) is -0.623. The third-order valence-electron chi connectivity index (χ3n) is 2.56. The number of halogens is 2. The number of hydrogen-bond acceptors (Lipinski definition) is 7. The molecule has 1 aromatic heterocycles. The molecule has 1 aliphatic heterocycles. The van der Waals surface area contributed by atoms with Crippen LogP contribution >= 0.6 is 11.8 Å². The molecule has 0 saturated carbocycles. The molecule has 2 heterocycles. The summed E-state index contributed by atoms with van der Waals surface area (Å²) in [5.41, 5.74) is 4.17. The molecule has 10 heteroatoms. The molecule has 0 spiro atoms. The summed E-state index contributed by atoms with van der Waals surface area (Å²) in [6.07, 6.45) is -1.19. The molecule has 1 fully saturated rings. The molecule has 4 N–H and O–H groups in total. The molecule has 0 aliphatic carbocycles. The van der Waals surface area contributed by atoms with Crippen LogP contribution in [-0.2, 0) is 0 Å². The van der Waals surface area contributed by atoms with Gasteiger partial charge in [0.2, 0.25) is 5.95 Å². The number of aliphatic hydroxyl groups is 2. The molecule has 0 aromatic carbocycles. The SMILES string of the molecule is Nc1ncn([C@@H]2S[C@H](CO)[C@@H](O)C2(F)F)c(=O)n1. The van der Waals surface area contributed by atoms with Gasteiger partial charge in [-0.05, 0) is 0 Å². The van der Waals surface area contributed by atoms with Crippen molar-refractivity contribution >= 4 is 17.7 Å². The van der Waals surface area contributed by atoms with Crippen LogP contribution in [0.3, 0.4) is 0 Å². The number of aromatic nitrogens is 3. The Balaban J connectivity index is 2.42. The highest BCUT2D eigenvalue weighted by molar-refractivity contribution is 8.00. The summed E-state index contributed by atoms with van der Waals surface area (Å²) in [4.78, 5) is 18.2.